The molecule has 0 heterocycles. The predicted molar refractivity (Wildman–Crippen MR) is 73.9 cm³/mol. The molecule has 0 unspecified atom stereocenters. The van der Waals surface area contributed by atoms with Crippen molar-refractivity contribution in [3.8, 4) is 0 Å². The Hall–Kier alpha value is -1.42. The Bertz CT molecular complexity index is 441. The lowest BCUT2D eigenvalue weighted by Crippen LogP contribution is -2.52. The van der Waals surface area contributed by atoms with Crippen LogP contribution in [0.4, 0.5) is 0 Å². The number of hydrogen-bond acceptors (Lipinski definition) is 2. The number of benzene rings is 1. The Morgan fingerprint density at radius 2 is 2.12 bits per heavy atom. The minimum atomic E-state index is -0.643. The molecule has 3 N–H and O–H groups in total. The number of nitrogens with two attached hydrogens (primary N) is 1. The molecule has 1 rings (SSSR count). The summed E-state index contributed by atoms with van der Waals surface area (Å²) in [6, 6.07) is 7.87. The number of amides is 1. The molecular formula is C13H18N2OS. The summed E-state index contributed by atoms with van der Waals surface area (Å²) in [7, 11) is 0. The summed E-state index contributed by atoms with van der Waals surface area (Å²) in [5.74, 6) is -0.0756. The normalized spacial score (nSPS) is 11.0. The van der Waals surface area contributed by atoms with Crippen LogP contribution in [-0.2, 0) is 11.2 Å². The van der Waals surface area contributed by atoms with Crippen molar-refractivity contribution in [3.05, 3.63) is 35.4 Å². The highest BCUT2D eigenvalue weighted by atomic mass is 32.1. The lowest BCUT2D eigenvalue weighted by molar-refractivity contribution is -0.121. The van der Waals surface area contributed by atoms with Crippen LogP contribution >= 0.6 is 12.2 Å². The Balaban J connectivity index is 2.65. The van der Waals surface area contributed by atoms with Gasteiger partial charge >= 0.3 is 0 Å². The fourth-order valence-corrected chi connectivity index (χ4v) is 1.51. The number of rotatable bonds is 4. The number of carbonyl (C=O) groups excluding carboxylic acids is 1. The maximum absolute atomic E-state index is 11.8. The quantitative estimate of drug-likeness (QED) is 0.800. The van der Waals surface area contributed by atoms with Gasteiger partial charge in [0, 0.05) is 0 Å². The van der Waals surface area contributed by atoms with Gasteiger partial charge in [-0.2, -0.15) is 0 Å². The molecule has 17 heavy (non-hydrogen) atoms. The van der Waals surface area contributed by atoms with Crippen LogP contribution in [-0.4, -0.2) is 16.4 Å². The van der Waals surface area contributed by atoms with Crippen LogP contribution in [0, 0.1) is 6.92 Å². The van der Waals surface area contributed by atoms with E-state index in [0.29, 0.717) is 6.42 Å². The lowest BCUT2D eigenvalue weighted by Gasteiger charge is -2.24. The molecule has 0 radical (unpaired) electrons. The Labute approximate surface area is 107 Å². The van der Waals surface area contributed by atoms with Gasteiger partial charge in [-0.15, -0.1) is 0 Å². The van der Waals surface area contributed by atoms with Crippen LogP contribution < -0.4 is 11.1 Å². The number of hydrogen-bond donors (Lipinski definition) is 2. The van der Waals surface area contributed by atoms with E-state index in [-0.39, 0.29) is 10.9 Å². The van der Waals surface area contributed by atoms with E-state index in [0.717, 1.165) is 11.1 Å². The van der Waals surface area contributed by atoms with Gasteiger partial charge in [-0.1, -0.05) is 42.0 Å². The molecule has 1 aromatic rings. The van der Waals surface area contributed by atoms with Gasteiger partial charge in [0.05, 0.1) is 16.9 Å². The Kier molecular flexibility index (Phi) is 4.23. The zero-order valence-electron chi connectivity index (χ0n) is 10.4. The van der Waals surface area contributed by atoms with Crippen molar-refractivity contribution in [2.45, 2.75) is 32.7 Å². The summed E-state index contributed by atoms with van der Waals surface area (Å²) in [5, 5.41) is 2.82. The van der Waals surface area contributed by atoms with Crippen LogP contribution in [0.15, 0.2) is 24.3 Å². The molecule has 0 bridgehead atoms. The standard InChI is InChI=1S/C13H18N2OS/c1-9-5-4-6-10(7-9)8-11(16)15-13(2,3)12(14)17/h4-7H,8H2,1-3H3,(H2,14,17)(H,15,16). The molecule has 0 saturated carbocycles. The molecule has 4 heteroatoms. The van der Waals surface area contributed by atoms with E-state index < -0.39 is 5.54 Å². The first-order valence-electron chi connectivity index (χ1n) is 5.48. The first-order chi connectivity index (χ1) is 7.81. The zero-order chi connectivity index (χ0) is 13.1. The summed E-state index contributed by atoms with van der Waals surface area (Å²) in [5.41, 5.74) is 7.04. The van der Waals surface area contributed by atoms with Gasteiger partial charge in [0.1, 0.15) is 0 Å². The van der Waals surface area contributed by atoms with Crippen LogP contribution in [0.5, 0.6) is 0 Å². The topological polar surface area (TPSA) is 55.1 Å². The van der Waals surface area contributed by atoms with Gasteiger partial charge in [0.25, 0.3) is 0 Å². The average molecular weight is 250 g/mol. The van der Waals surface area contributed by atoms with Crippen molar-refractivity contribution in [2.75, 3.05) is 0 Å². The molecule has 0 aliphatic heterocycles. The van der Waals surface area contributed by atoms with E-state index in [2.05, 4.69) is 5.32 Å². The summed E-state index contributed by atoms with van der Waals surface area (Å²) in [4.78, 5) is 12.1. The van der Waals surface area contributed by atoms with Crippen molar-refractivity contribution in [1.82, 2.24) is 5.32 Å². The molecule has 0 aliphatic carbocycles. The highest BCUT2D eigenvalue weighted by Gasteiger charge is 2.23. The minimum Gasteiger partial charge on any atom is -0.391 e. The Morgan fingerprint density at radius 1 is 1.47 bits per heavy atom. The first kappa shape index (κ1) is 13.6. The molecular weight excluding hydrogens is 232 g/mol. The molecule has 0 fully saturated rings. The summed E-state index contributed by atoms with van der Waals surface area (Å²) >= 11 is 4.90. The molecule has 1 aromatic carbocycles. The second-order valence-corrected chi connectivity index (χ2v) is 5.14. The maximum atomic E-state index is 11.8. The third kappa shape index (κ3) is 4.15. The second-order valence-electron chi connectivity index (χ2n) is 4.70. The first-order valence-corrected chi connectivity index (χ1v) is 5.88. The van der Waals surface area contributed by atoms with Gasteiger partial charge in [-0.3, -0.25) is 4.79 Å². The van der Waals surface area contributed by atoms with Gasteiger partial charge in [-0.25, -0.2) is 0 Å². The van der Waals surface area contributed by atoms with E-state index in [1.165, 1.54) is 0 Å². The van der Waals surface area contributed by atoms with Gasteiger partial charge < -0.3 is 11.1 Å². The van der Waals surface area contributed by atoms with Crippen LogP contribution in [0.1, 0.15) is 25.0 Å². The summed E-state index contributed by atoms with van der Waals surface area (Å²) < 4.78 is 0. The van der Waals surface area contributed by atoms with Crippen molar-refractivity contribution in [2.24, 2.45) is 5.73 Å². The molecule has 0 saturated heterocycles. The van der Waals surface area contributed by atoms with E-state index in [9.17, 15) is 4.79 Å². The molecule has 0 aliphatic rings. The molecule has 0 spiro atoms. The number of thiocarbonyl (C=S) groups is 1. The molecule has 3 nitrogen and oxygen atoms in total. The lowest BCUT2D eigenvalue weighted by atomic mass is 10.0. The highest BCUT2D eigenvalue weighted by molar-refractivity contribution is 7.80. The molecule has 1 amide bonds. The SMILES string of the molecule is Cc1cccc(CC(=O)NC(C)(C)C(N)=S)c1. The third-order valence-corrected chi connectivity index (χ3v) is 3.03. The fraction of sp³-hybridized carbons (Fsp3) is 0.385. The van der Waals surface area contributed by atoms with E-state index in [4.69, 9.17) is 18.0 Å². The van der Waals surface area contributed by atoms with Crippen LogP contribution in [0.2, 0.25) is 0 Å². The van der Waals surface area contributed by atoms with Gasteiger partial charge in [-0.05, 0) is 26.3 Å². The van der Waals surface area contributed by atoms with Gasteiger partial charge in [0.15, 0.2) is 0 Å². The zero-order valence-corrected chi connectivity index (χ0v) is 11.2. The van der Waals surface area contributed by atoms with Crippen molar-refractivity contribution in [1.29, 1.82) is 0 Å². The predicted octanol–water partition coefficient (Wildman–Crippen LogP) is 1.72. The average Bonchev–Trinajstić information content (AvgIpc) is 2.15. The van der Waals surface area contributed by atoms with Crippen LogP contribution in [0.25, 0.3) is 0 Å². The van der Waals surface area contributed by atoms with Crippen molar-refractivity contribution < 1.29 is 4.79 Å². The van der Waals surface area contributed by atoms with Crippen molar-refractivity contribution >= 4 is 23.1 Å². The molecule has 0 atom stereocenters. The second kappa shape index (κ2) is 5.27. The maximum Gasteiger partial charge on any atom is 0.225 e. The van der Waals surface area contributed by atoms with Crippen molar-refractivity contribution in [3.63, 3.8) is 0 Å². The van der Waals surface area contributed by atoms with E-state index in [1.54, 1.807) is 13.8 Å². The summed E-state index contributed by atoms with van der Waals surface area (Å²) in [6.07, 6.45) is 0.341. The number of carbonyl (C=O) groups is 1. The Morgan fingerprint density at radius 3 is 2.65 bits per heavy atom. The van der Waals surface area contributed by atoms with E-state index >= 15 is 0 Å². The summed E-state index contributed by atoms with van der Waals surface area (Å²) in [6.45, 7) is 5.59. The van der Waals surface area contributed by atoms with Crippen LogP contribution in [0.3, 0.4) is 0 Å². The minimum absolute atomic E-state index is 0.0756. The number of nitrogens with one attached hydrogen (secondary N) is 1. The van der Waals surface area contributed by atoms with Gasteiger partial charge in [0.2, 0.25) is 5.91 Å². The highest BCUT2D eigenvalue weighted by Crippen LogP contribution is 2.07. The monoisotopic (exact) mass is 250 g/mol. The van der Waals surface area contributed by atoms with E-state index in [1.807, 2.05) is 31.2 Å². The fourth-order valence-electron chi connectivity index (χ4n) is 1.46. The smallest absolute Gasteiger partial charge is 0.225 e. The molecule has 0 aromatic heterocycles. The largest absolute Gasteiger partial charge is 0.391 e. The number of aryl methyl sites for hydroxylation is 1. The third-order valence-electron chi connectivity index (χ3n) is 2.52. The molecule has 92 valence electrons.